The van der Waals surface area contributed by atoms with Gasteiger partial charge in [0.2, 0.25) is 11.8 Å². The van der Waals surface area contributed by atoms with Crippen LogP contribution in [0.15, 0.2) is 30.3 Å². The van der Waals surface area contributed by atoms with Crippen LogP contribution in [0, 0.1) is 5.92 Å². The first-order valence-corrected chi connectivity index (χ1v) is 11.0. The number of hydrogen-bond donors (Lipinski definition) is 1. The second kappa shape index (κ2) is 9.11. The highest BCUT2D eigenvalue weighted by Gasteiger charge is 2.39. The molecule has 5 nitrogen and oxygen atoms in total. The third kappa shape index (κ3) is 4.85. The van der Waals surface area contributed by atoms with Crippen molar-refractivity contribution in [3.63, 3.8) is 0 Å². The van der Waals surface area contributed by atoms with Crippen LogP contribution < -0.4 is 5.32 Å². The summed E-state index contributed by atoms with van der Waals surface area (Å²) in [5.41, 5.74) is 0.858. The lowest BCUT2D eigenvalue weighted by atomic mass is 9.95. The number of nitrogens with one attached hydrogen (secondary N) is 1. The Balaban J connectivity index is 1.57. The summed E-state index contributed by atoms with van der Waals surface area (Å²) >= 11 is 1.94. The van der Waals surface area contributed by atoms with Crippen LogP contribution in [0.25, 0.3) is 0 Å². The molecule has 1 N–H and O–H groups in total. The normalized spacial score (nSPS) is 23.3. The molecule has 0 aromatic heterocycles. The zero-order chi connectivity index (χ0) is 19.3. The highest BCUT2D eigenvalue weighted by atomic mass is 32.2. The summed E-state index contributed by atoms with van der Waals surface area (Å²) in [6, 6.07) is 9.97. The number of rotatable bonds is 7. The summed E-state index contributed by atoms with van der Waals surface area (Å²) < 4.78 is 6.02. The Labute approximate surface area is 166 Å². The molecule has 2 atom stereocenters. The zero-order valence-electron chi connectivity index (χ0n) is 16.3. The first-order valence-electron chi connectivity index (χ1n) is 9.88. The molecule has 0 radical (unpaired) electrons. The largest absolute Gasteiger partial charge is 0.373 e. The van der Waals surface area contributed by atoms with Crippen molar-refractivity contribution in [2.24, 2.45) is 5.92 Å². The van der Waals surface area contributed by atoms with Crippen molar-refractivity contribution < 1.29 is 14.3 Å². The van der Waals surface area contributed by atoms with E-state index in [0.29, 0.717) is 26.1 Å². The summed E-state index contributed by atoms with van der Waals surface area (Å²) in [6.45, 7) is 5.71. The number of ether oxygens (including phenoxy) is 1. The predicted molar refractivity (Wildman–Crippen MR) is 109 cm³/mol. The Morgan fingerprint density at radius 2 is 2.04 bits per heavy atom. The van der Waals surface area contributed by atoms with E-state index in [1.807, 2.05) is 60.8 Å². The molecule has 2 unspecified atom stereocenters. The number of carbonyl (C=O) groups is 2. The lowest BCUT2D eigenvalue weighted by Crippen LogP contribution is -2.49. The fourth-order valence-corrected chi connectivity index (χ4v) is 5.24. The summed E-state index contributed by atoms with van der Waals surface area (Å²) in [4.78, 5) is 27.1. The molecule has 0 bridgehead atoms. The van der Waals surface area contributed by atoms with Gasteiger partial charge in [-0.15, -0.1) is 0 Å². The molecular formula is C21H30N2O3S. The molecule has 6 heteroatoms. The molecule has 3 rings (SSSR count). The maximum absolute atomic E-state index is 12.7. The van der Waals surface area contributed by atoms with Gasteiger partial charge in [0, 0.05) is 26.1 Å². The summed E-state index contributed by atoms with van der Waals surface area (Å²) in [5, 5.41) is 3.09. The van der Waals surface area contributed by atoms with Gasteiger partial charge in [-0.2, -0.15) is 11.8 Å². The van der Waals surface area contributed by atoms with E-state index in [0.717, 1.165) is 29.9 Å². The van der Waals surface area contributed by atoms with E-state index in [1.54, 1.807) is 0 Å². The van der Waals surface area contributed by atoms with Gasteiger partial charge in [-0.25, -0.2) is 0 Å². The van der Waals surface area contributed by atoms with Gasteiger partial charge in [0.25, 0.3) is 0 Å². The molecule has 148 valence electrons. The van der Waals surface area contributed by atoms with Crippen LogP contribution in [0.5, 0.6) is 0 Å². The van der Waals surface area contributed by atoms with Crippen LogP contribution in [0.4, 0.5) is 0 Å². The fourth-order valence-electron chi connectivity index (χ4n) is 4.01. The third-order valence-electron chi connectivity index (χ3n) is 5.72. The Bertz CT molecular complexity index is 641. The van der Waals surface area contributed by atoms with Crippen LogP contribution in [-0.4, -0.2) is 53.5 Å². The Hall–Kier alpha value is -1.53. The van der Waals surface area contributed by atoms with Crippen LogP contribution in [0.2, 0.25) is 0 Å². The number of amides is 2. The van der Waals surface area contributed by atoms with Gasteiger partial charge < -0.3 is 15.0 Å². The predicted octanol–water partition coefficient (Wildman–Crippen LogP) is 3.01. The molecule has 1 aromatic rings. The minimum atomic E-state index is -0.277. The van der Waals surface area contributed by atoms with Crippen molar-refractivity contribution in [3.05, 3.63) is 35.9 Å². The average molecular weight is 391 g/mol. The van der Waals surface area contributed by atoms with Gasteiger partial charge in [0.1, 0.15) is 0 Å². The second-order valence-electron chi connectivity index (χ2n) is 7.48. The minimum Gasteiger partial charge on any atom is -0.373 e. The molecule has 2 fully saturated rings. The van der Waals surface area contributed by atoms with Crippen molar-refractivity contribution in [1.29, 1.82) is 0 Å². The maximum Gasteiger partial charge on any atom is 0.225 e. The highest BCUT2D eigenvalue weighted by Crippen LogP contribution is 2.31. The van der Waals surface area contributed by atoms with E-state index >= 15 is 0 Å². The molecule has 27 heavy (non-hydrogen) atoms. The summed E-state index contributed by atoms with van der Waals surface area (Å²) in [5.74, 6) is 1.89. The van der Waals surface area contributed by atoms with Crippen molar-refractivity contribution in [2.75, 3.05) is 31.2 Å². The highest BCUT2D eigenvalue weighted by molar-refractivity contribution is 7.99. The lowest BCUT2D eigenvalue weighted by Gasteiger charge is -2.37. The van der Waals surface area contributed by atoms with Gasteiger partial charge in [-0.05, 0) is 43.8 Å². The maximum atomic E-state index is 12.7. The van der Waals surface area contributed by atoms with E-state index in [2.05, 4.69) is 5.32 Å². The number of carbonyl (C=O) groups excluding carboxylic acids is 2. The number of thioether (sulfide) groups is 1. The van der Waals surface area contributed by atoms with E-state index in [-0.39, 0.29) is 29.4 Å². The van der Waals surface area contributed by atoms with Gasteiger partial charge in [0.15, 0.2) is 0 Å². The smallest absolute Gasteiger partial charge is 0.225 e. The van der Waals surface area contributed by atoms with Crippen molar-refractivity contribution in [3.8, 4) is 0 Å². The number of benzene rings is 1. The molecule has 2 aliphatic rings. The van der Waals surface area contributed by atoms with Gasteiger partial charge >= 0.3 is 0 Å². The molecule has 1 aromatic carbocycles. The SMILES string of the molecule is CCOC1(CNC(=O)C2CC(=O)N(C(C)c3ccccc3)C2)CCSCC1. The van der Waals surface area contributed by atoms with Crippen LogP contribution in [0.1, 0.15) is 44.7 Å². The Morgan fingerprint density at radius 3 is 2.70 bits per heavy atom. The molecule has 2 heterocycles. The van der Waals surface area contributed by atoms with E-state index in [1.165, 1.54) is 0 Å². The summed E-state index contributed by atoms with van der Waals surface area (Å²) in [7, 11) is 0. The molecule has 2 saturated heterocycles. The molecule has 2 amide bonds. The lowest BCUT2D eigenvalue weighted by molar-refractivity contribution is -0.130. The zero-order valence-corrected chi connectivity index (χ0v) is 17.1. The molecular weight excluding hydrogens is 360 g/mol. The van der Waals surface area contributed by atoms with Crippen LogP contribution >= 0.6 is 11.8 Å². The monoisotopic (exact) mass is 390 g/mol. The average Bonchev–Trinajstić information content (AvgIpc) is 3.09. The van der Waals surface area contributed by atoms with E-state index < -0.39 is 0 Å². The Kier molecular flexibility index (Phi) is 6.82. The second-order valence-corrected chi connectivity index (χ2v) is 8.70. The fraction of sp³-hybridized carbons (Fsp3) is 0.619. The first kappa shape index (κ1) is 20.2. The topological polar surface area (TPSA) is 58.6 Å². The van der Waals surface area contributed by atoms with Crippen molar-refractivity contribution in [1.82, 2.24) is 10.2 Å². The minimum absolute atomic E-state index is 0.0124. The molecule has 0 aliphatic carbocycles. The molecule has 2 aliphatic heterocycles. The van der Waals surface area contributed by atoms with Crippen LogP contribution in [-0.2, 0) is 14.3 Å². The third-order valence-corrected chi connectivity index (χ3v) is 6.70. The van der Waals surface area contributed by atoms with Gasteiger partial charge in [-0.3, -0.25) is 9.59 Å². The first-order chi connectivity index (χ1) is 13.0. The number of hydrogen-bond acceptors (Lipinski definition) is 4. The van der Waals surface area contributed by atoms with Gasteiger partial charge in [-0.1, -0.05) is 30.3 Å². The van der Waals surface area contributed by atoms with E-state index in [9.17, 15) is 9.59 Å². The summed E-state index contributed by atoms with van der Waals surface area (Å²) in [6.07, 6.45) is 2.22. The molecule has 0 spiro atoms. The quantitative estimate of drug-likeness (QED) is 0.778. The van der Waals surface area contributed by atoms with Gasteiger partial charge in [0.05, 0.1) is 17.6 Å². The number of nitrogens with zero attached hydrogens (tertiary/aromatic N) is 1. The molecule has 0 saturated carbocycles. The standard InChI is InChI=1S/C21H30N2O3S/c1-3-26-21(9-11-27-12-10-21)15-22-20(25)18-13-19(24)23(14-18)16(2)17-7-5-4-6-8-17/h4-8,16,18H,3,9-15H2,1-2H3,(H,22,25). The van der Waals surface area contributed by atoms with E-state index in [4.69, 9.17) is 4.74 Å². The number of likely N-dealkylation sites (tertiary alicyclic amines) is 1. The van der Waals surface area contributed by atoms with Crippen LogP contribution in [0.3, 0.4) is 0 Å². The Morgan fingerprint density at radius 1 is 1.33 bits per heavy atom. The van der Waals surface area contributed by atoms with Crippen molar-refractivity contribution in [2.45, 2.75) is 44.8 Å². The van der Waals surface area contributed by atoms with Crippen molar-refractivity contribution >= 4 is 23.6 Å².